The molecule has 1 amide bonds. The molecule has 1 atom stereocenters. The third kappa shape index (κ3) is 4.78. The quantitative estimate of drug-likeness (QED) is 0.0757. The maximum Gasteiger partial charge on any atom is 0.301 e. The summed E-state index contributed by atoms with van der Waals surface area (Å²) in [5.41, 5.74) is 4.61. The summed E-state index contributed by atoms with van der Waals surface area (Å²) in [6.07, 6.45) is 2.65. The third-order valence-electron chi connectivity index (χ3n) is 7.37. The van der Waals surface area contributed by atoms with Gasteiger partial charge in [-0.15, -0.1) is 10.2 Å². The Bertz CT molecular complexity index is 1880. The molecule has 0 saturated carbocycles. The third-order valence-corrected chi connectivity index (χ3v) is 9.47. The van der Waals surface area contributed by atoms with Crippen molar-refractivity contribution in [3.8, 4) is 0 Å². The Morgan fingerprint density at radius 2 is 1.81 bits per heavy atom. The molecule has 42 heavy (non-hydrogen) atoms. The molecule has 5 aromatic rings. The fourth-order valence-electron chi connectivity index (χ4n) is 5.07. The van der Waals surface area contributed by atoms with Crippen molar-refractivity contribution in [3.63, 3.8) is 0 Å². The molecule has 11 heteroatoms. The number of aliphatic hydroxyl groups excluding tert-OH is 1. The summed E-state index contributed by atoms with van der Waals surface area (Å²) >= 11 is 2.42. The van der Waals surface area contributed by atoms with Crippen molar-refractivity contribution in [2.45, 2.75) is 43.3 Å². The monoisotopic (exact) mass is 599 g/mol. The minimum atomic E-state index is -0.946. The number of benzene rings is 2. The van der Waals surface area contributed by atoms with E-state index in [0.717, 1.165) is 28.9 Å². The lowest BCUT2D eigenvalue weighted by atomic mass is 9.95. The van der Waals surface area contributed by atoms with Crippen molar-refractivity contribution >= 4 is 51.3 Å². The second-order valence-electron chi connectivity index (χ2n) is 9.93. The Balaban J connectivity index is 1.44. The van der Waals surface area contributed by atoms with Crippen molar-refractivity contribution in [2.75, 3.05) is 4.90 Å². The molecule has 6 rings (SSSR count). The summed E-state index contributed by atoms with van der Waals surface area (Å²) in [6.45, 7) is 5.76. The predicted octanol–water partition coefficient (Wildman–Crippen LogP) is 6.42. The van der Waals surface area contributed by atoms with Gasteiger partial charge in [0, 0.05) is 11.9 Å². The van der Waals surface area contributed by atoms with Crippen LogP contribution in [0.4, 0.5) is 9.52 Å². The number of hydrogen-bond donors (Lipinski definition) is 1. The van der Waals surface area contributed by atoms with E-state index in [4.69, 9.17) is 0 Å². The molecule has 0 aliphatic carbocycles. The summed E-state index contributed by atoms with van der Waals surface area (Å²) in [5, 5.41) is 20.3. The van der Waals surface area contributed by atoms with Gasteiger partial charge in [-0.05, 0) is 54.7 Å². The minimum absolute atomic E-state index is 0.0656. The molecule has 0 bridgehead atoms. The van der Waals surface area contributed by atoms with Gasteiger partial charge in [-0.3, -0.25) is 14.5 Å². The number of nitrogens with zero attached hydrogens (tertiary/aromatic N) is 5. The first-order valence-corrected chi connectivity index (χ1v) is 15.1. The van der Waals surface area contributed by atoms with Crippen LogP contribution in [-0.2, 0) is 21.8 Å². The number of rotatable bonds is 7. The summed E-state index contributed by atoms with van der Waals surface area (Å²) in [4.78, 5) is 33.2. The number of imidazole rings is 1. The molecule has 3 aromatic heterocycles. The van der Waals surface area contributed by atoms with Crippen LogP contribution in [0, 0.1) is 19.7 Å². The van der Waals surface area contributed by atoms with E-state index in [1.165, 1.54) is 22.7 Å². The lowest BCUT2D eigenvalue weighted by Gasteiger charge is -2.22. The minimum Gasteiger partial charge on any atom is -0.505 e. The van der Waals surface area contributed by atoms with Crippen molar-refractivity contribution in [1.82, 2.24) is 19.6 Å². The number of aliphatic hydroxyl groups is 1. The predicted molar refractivity (Wildman–Crippen MR) is 161 cm³/mol. The number of halogens is 1. The van der Waals surface area contributed by atoms with Gasteiger partial charge in [-0.25, -0.2) is 9.37 Å². The van der Waals surface area contributed by atoms with Crippen LogP contribution >= 0.6 is 23.1 Å². The number of ketones is 1. The first-order chi connectivity index (χ1) is 20.3. The standard InChI is InChI=1S/C31H26FN5O3S2/c1-4-19-11-13-20(14-12-19)25-23(26(38)24-18(3)36-15-7-8-17(2)28(36)33-24)27(39)29(40)37(25)30-34-35-31(42-30)41-16-21-9-5-6-10-22(21)32/h5-15,25,38H,4,16H2,1-3H3. The van der Waals surface area contributed by atoms with E-state index < -0.39 is 17.7 Å². The van der Waals surface area contributed by atoms with Gasteiger partial charge in [0.2, 0.25) is 5.13 Å². The van der Waals surface area contributed by atoms with E-state index >= 15 is 0 Å². The van der Waals surface area contributed by atoms with Crippen LogP contribution in [0.1, 0.15) is 46.6 Å². The molecule has 1 fully saturated rings. The van der Waals surface area contributed by atoms with Crippen molar-refractivity contribution in [3.05, 3.63) is 112 Å². The highest BCUT2D eigenvalue weighted by Crippen LogP contribution is 2.44. The molecule has 1 saturated heterocycles. The van der Waals surface area contributed by atoms with Gasteiger partial charge < -0.3 is 9.51 Å². The van der Waals surface area contributed by atoms with Crippen LogP contribution in [-0.4, -0.2) is 36.4 Å². The molecule has 1 aliphatic rings. The molecule has 2 aromatic carbocycles. The molecule has 0 radical (unpaired) electrons. The van der Waals surface area contributed by atoms with Gasteiger partial charge in [0.05, 0.1) is 17.3 Å². The molecule has 1 aliphatic heterocycles. The van der Waals surface area contributed by atoms with Crippen molar-refractivity contribution < 1.29 is 19.1 Å². The second-order valence-corrected chi connectivity index (χ2v) is 12.1. The number of carbonyl (C=O) groups is 2. The first-order valence-electron chi connectivity index (χ1n) is 13.3. The van der Waals surface area contributed by atoms with Crippen LogP contribution < -0.4 is 4.90 Å². The van der Waals surface area contributed by atoms with Crippen LogP contribution in [0.15, 0.2) is 76.8 Å². The number of aromatic nitrogens is 4. The van der Waals surface area contributed by atoms with Gasteiger partial charge in [0.1, 0.15) is 17.2 Å². The summed E-state index contributed by atoms with van der Waals surface area (Å²) < 4.78 is 16.5. The van der Waals surface area contributed by atoms with Crippen LogP contribution in [0.3, 0.4) is 0 Å². The van der Waals surface area contributed by atoms with Gasteiger partial charge in [0.15, 0.2) is 10.1 Å². The Labute approximate surface area is 249 Å². The SMILES string of the molecule is CCc1ccc(C2C(=C(O)c3nc4c(C)cccn4c3C)C(=O)C(=O)N2c2nnc(SCc3ccccc3F)s2)cc1. The maximum absolute atomic E-state index is 14.1. The number of carbonyl (C=O) groups excluding carboxylic acids is 2. The molecule has 4 heterocycles. The van der Waals surface area contributed by atoms with Gasteiger partial charge in [0.25, 0.3) is 5.78 Å². The van der Waals surface area contributed by atoms with Crippen molar-refractivity contribution in [2.24, 2.45) is 0 Å². The summed E-state index contributed by atoms with van der Waals surface area (Å²) in [6, 6.07) is 16.9. The molecule has 1 unspecified atom stereocenters. The summed E-state index contributed by atoms with van der Waals surface area (Å²) in [7, 11) is 0. The maximum atomic E-state index is 14.1. The van der Waals surface area contributed by atoms with Crippen LogP contribution in [0.5, 0.6) is 0 Å². The van der Waals surface area contributed by atoms with Crippen molar-refractivity contribution in [1.29, 1.82) is 0 Å². The number of hydrogen-bond acceptors (Lipinski definition) is 8. The Kier molecular flexibility index (Phi) is 7.38. The Morgan fingerprint density at radius 3 is 2.52 bits per heavy atom. The zero-order chi connectivity index (χ0) is 29.5. The van der Waals surface area contributed by atoms with Gasteiger partial charge >= 0.3 is 5.91 Å². The van der Waals surface area contributed by atoms with Crippen LogP contribution in [0.25, 0.3) is 11.4 Å². The molecular formula is C31H26FN5O3S2. The number of anilines is 1. The van der Waals surface area contributed by atoms with E-state index in [-0.39, 0.29) is 28.0 Å². The average Bonchev–Trinajstić information content (AvgIpc) is 3.67. The number of Topliss-reactive ketones (excluding diaryl/α,β-unsaturated/α-hetero) is 1. The zero-order valence-corrected chi connectivity index (χ0v) is 24.7. The highest BCUT2D eigenvalue weighted by molar-refractivity contribution is 8.00. The van der Waals surface area contributed by atoms with Gasteiger partial charge in [-0.1, -0.05) is 78.6 Å². The summed E-state index contributed by atoms with van der Waals surface area (Å²) in [5.74, 6) is -1.98. The lowest BCUT2D eigenvalue weighted by molar-refractivity contribution is -0.132. The fraction of sp³-hybridized carbons (Fsp3) is 0.194. The fourth-order valence-corrected chi connectivity index (χ4v) is 6.92. The lowest BCUT2D eigenvalue weighted by Crippen LogP contribution is -2.29. The number of fused-ring (bicyclic) bond motifs is 1. The average molecular weight is 600 g/mol. The first kappa shape index (κ1) is 27.8. The highest BCUT2D eigenvalue weighted by atomic mass is 32.2. The number of amides is 1. The topological polar surface area (TPSA) is 101 Å². The van der Waals surface area contributed by atoms with E-state index in [2.05, 4.69) is 15.2 Å². The van der Waals surface area contributed by atoms with Crippen LogP contribution in [0.2, 0.25) is 0 Å². The van der Waals surface area contributed by atoms with E-state index in [9.17, 15) is 19.1 Å². The van der Waals surface area contributed by atoms with E-state index in [1.54, 1.807) is 25.1 Å². The largest absolute Gasteiger partial charge is 0.505 e. The molecule has 0 spiro atoms. The van der Waals surface area contributed by atoms with Gasteiger partial charge in [-0.2, -0.15) is 0 Å². The number of aryl methyl sites for hydroxylation is 3. The second kappa shape index (κ2) is 11.1. The normalized spacial score (nSPS) is 16.6. The number of thioether (sulfide) groups is 1. The zero-order valence-electron chi connectivity index (χ0n) is 23.0. The van der Waals surface area contributed by atoms with E-state index in [0.29, 0.717) is 32.6 Å². The number of pyridine rings is 1. The molecular weight excluding hydrogens is 574 g/mol. The molecule has 212 valence electrons. The Morgan fingerprint density at radius 1 is 1.05 bits per heavy atom. The molecule has 1 N–H and O–H groups in total. The Hall–Kier alpha value is -4.35. The highest BCUT2D eigenvalue weighted by Gasteiger charge is 2.48. The molecule has 8 nitrogen and oxygen atoms in total. The smallest absolute Gasteiger partial charge is 0.301 e. The van der Waals surface area contributed by atoms with E-state index in [1.807, 2.05) is 60.8 Å².